The Morgan fingerprint density at radius 2 is 1.82 bits per heavy atom. The Labute approximate surface area is 210 Å². The van der Waals surface area contributed by atoms with Crippen molar-refractivity contribution in [3.63, 3.8) is 0 Å². The zero-order valence-electron chi connectivity index (χ0n) is 20.3. The van der Waals surface area contributed by atoms with Crippen LogP contribution in [0.5, 0.6) is 0 Å². The number of ether oxygens (including phenoxy) is 2. The van der Waals surface area contributed by atoms with E-state index in [1.807, 2.05) is 47.8 Å². The maximum Gasteiger partial charge on any atom is 0.331 e. The molecule has 8 nitrogen and oxygen atoms in total. The van der Waals surface area contributed by atoms with E-state index < -0.39 is 13.4 Å². The van der Waals surface area contributed by atoms with Crippen LogP contribution in [0.15, 0.2) is 4.99 Å². The molecule has 0 radical (unpaired) electrons. The third-order valence-corrected chi connectivity index (χ3v) is 9.94. The summed E-state index contributed by atoms with van der Waals surface area (Å²) in [6, 6.07) is 0. The van der Waals surface area contributed by atoms with E-state index >= 15 is 0 Å². The van der Waals surface area contributed by atoms with Gasteiger partial charge in [-0.2, -0.15) is 0 Å². The minimum Gasteiger partial charge on any atom is -0.344 e. The van der Waals surface area contributed by atoms with E-state index in [1.165, 1.54) is 0 Å². The van der Waals surface area contributed by atoms with Gasteiger partial charge in [0.25, 0.3) is 0 Å². The Morgan fingerprint density at radius 3 is 2.47 bits per heavy atom. The molecule has 2 aliphatic heterocycles. The topological polar surface area (TPSA) is 92.1 Å². The van der Waals surface area contributed by atoms with Crippen molar-refractivity contribution in [3.8, 4) is 0 Å². The van der Waals surface area contributed by atoms with Gasteiger partial charge >= 0.3 is 7.60 Å². The van der Waals surface area contributed by atoms with E-state index in [1.54, 1.807) is 0 Å². The molecule has 2 saturated carbocycles. The molecule has 1 unspecified atom stereocenters. The molecule has 1 saturated heterocycles. The van der Waals surface area contributed by atoms with Crippen molar-refractivity contribution in [1.29, 1.82) is 0 Å². The first kappa shape index (κ1) is 25.1. The molecule has 0 spiro atoms. The molecule has 188 valence electrons. The van der Waals surface area contributed by atoms with Gasteiger partial charge in [-0.15, -0.1) is 0 Å². The van der Waals surface area contributed by atoms with Crippen molar-refractivity contribution in [2.75, 3.05) is 6.16 Å². The van der Waals surface area contributed by atoms with Crippen LogP contribution in [0.25, 0.3) is 0 Å². The first-order valence-electron chi connectivity index (χ1n) is 11.9. The molecule has 3 fully saturated rings. The van der Waals surface area contributed by atoms with Gasteiger partial charge in [0.2, 0.25) is 5.28 Å². The second-order valence-electron chi connectivity index (χ2n) is 10.9. The quantitative estimate of drug-likeness (QED) is 0.225. The smallest absolute Gasteiger partial charge is 0.331 e. The average molecular weight is 532 g/mol. The van der Waals surface area contributed by atoms with Crippen LogP contribution in [-0.4, -0.2) is 52.5 Å². The first-order chi connectivity index (χ1) is 15.8. The minimum atomic E-state index is -3.26. The lowest BCUT2D eigenvalue weighted by Gasteiger charge is -2.27. The Bertz CT molecular complexity index is 1050. The molecular formula is C23H32Cl2N3O5P. The van der Waals surface area contributed by atoms with E-state index in [-0.39, 0.29) is 52.1 Å². The maximum atomic E-state index is 13.6. The zero-order chi connectivity index (χ0) is 24.6. The number of fused-ring (bicyclic) bond motifs is 4. The number of aliphatic imine (C=N–C) groups is 1. The fourth-order valence-electron chi connectivity index (χ4n) is 6.22. The lowest BCUT2D eigenvalue weighted by Crippen LogP contribution is -2.33. The maximum absolute atomic E-state index is 13.6. The molecule has 2 aliphatic carbocycles. The second kappa shape index (κ2) is 8.47. The highest BCUT2D eigenvalue weighted by molar-refractivity contribution is 7.53. The van der Waals surface area contributed by atoms with Gasteiger partial charge in [0.05, 0.1) is 36.3 Å². The molecule has 0 amide bonds. The van der Waals surface area contributed by atoms with Crippen LogP contribution in [0.2, 0.25) is 10.4 Å². The molecule has 0 aromatic carbocycles. The summed E-state index contributed by atoms with van der Waals surface area (Å²) in [7, 11) is -3.26. The van der Waals surface area contributed by atoms with Gasteiger partial charge in [-0.3, -0.25) is 9.56 Å². The largest absolute Gasteiger partial charge is 0.344 e. The highest BCUT2D eigenvalue weighted by atomic mass is 35.5. The Morgan fingerprint density at radius 1 is 1.15 bits per heavy atom. The van der Waals surface area contributed by atoms with Crippen molar-refractivity contribution in [3.05, 3.63) is 16.1 Å². The first-order valence-corrected chi connectivity index (χ1v) is 14.4. The minimum absolute atomic E-state index is 0.0928. The van der Waals surface area contributed by atoms with Gasteiger partial charge < -0.3 is 18.5 Å². The predicted octanol–water partition coefficient (Wildman–Crippen LogP) is 6.17. The number of halogens is 2. The SMILES string of the molecule is CC(C)OP(=O)(CC[C@@]12C[C@@H]1[C@@H](C1C=Nc3c(Cl)nc(Cl)nc31)[C@@H]1OC(C)(C)O[C@@H]12)OC(C)C. The lowest BCUT2D eigenvalue weighted by molar-refractivity contribution is -0.162. The predicted molar refractivity (Wildman–Crippen MR) is 130 cm³/mol. The van der Waals surface area contributed by atoms with E-state index in [0.717, 1.165) is 12.1 Å². The molecule has 1 aromatic rings. The number of rotatable bonds is 8. The van der Waals surface area contributed by atoms with Gasteiger partial charge in [-0.25, -0.2) is 9.97 Å². The third-order valence-electron chi connectivity index (χ3n) is 7.25. The molecule has 11 heteroatoms. The van der Waals surface area contributed by atoms with Crippen molar-refractivity contribution >= 4 is 42.7 Å². The van der Waals surface area contributed by atoms with Crippen LogP contribution in [0.4, 0.5) is 5.69 Å². The standard InChI is InChI=1S/C23H32Cl2N3O5P/c1-11(2)32-34(29,33-12(3)4)8-7-23-9-14(23)15(18-19(23)31-22(5,6)30-18)13-10-26-17-16(13)27-21(25)28-20(17)24/h10-15,18-19H,7-9H2,1-6H3/t13?,14-,15-,18+,19+,23-/m1/s1. The molecule has 0 N–H and O–H groups in total. The molecule has 3 heterocycles. The fourth-order valence-corrected chi connectivity index (χ4v) is 8.90. The summed E-state index contributed by atoms with van der Waals surface area (Å²) in [5.74, 6) is -0.409. The van der Waals surface area contributed by atoms with Gasteiger partial charge in [0, 0.05) is 23.5 Å². The molecule has 5 rings (SSSR count). The molecule has 4 aliphatic rings. The molecule has 6 atom stereocenters. The number of hydrogen-bond acceptors (Lipinski definition) is 8. The van der Waals surface area contributed by atoms with Crippen molar-refractivity contribution in [2.24, 2.45) is 22.2 Å². The van der Waals surface area contributed by atoms with Gasteiger partial charge in [-0.05, 0) is 71.9 Å². The van der Waals surface area contributed by atoms with Crippen molar-refractivity contribution in [1.82, 2.24) is 9.97 Å². The molecular weight excluding hydrogens is 500 g/mol. The highest BCUT2D eigenvalue weighted by Gasteiger charge is 2.76. The van der Waals surface area contributed by atoms with Gasteiger partial charge in [0.1, 0.15) is 5.69 Å². The number of hydrogen-bond donors (Lipinski definition) is 0. The van der Waals surface area contributed by atoms with E-state index in [9.17, 15) is 4.57 Å². The lowest BCUT2D eigenvalue weighted by atomic mass is 9.84. The normalized spacial score (nSPS) is 35.2. The summed E-state index contributed by atoms with van der Waals surface area (Å²) < 4.78 is 38.1. The average Bonchev–Trinajstić information content (AvgIpc) is 2.95. The van der Waals surface area contributed by atoms with E-state index in [0.29, 0.717) is 24.2 Å². The Kier molecular flexibility index (Phi) is 6.25. The van der Waals surface area contributed by atoms with E-state index in [4.69, 9.17) is 41.7 Å². The highest BCUT2D eigenvalue weighted by Crippen LogP contribution is 2.75. The van der Waals surface area contributed by atoms with Crippen LogP contribution in [0, 0.1) is 17.3 Å². The van der Waals surface area contributed by atoms with Crippen molar-refractivity contribution in [2.45, 2.75) is 90.5 Å². The summed E-state index contributed by atoms with van der Waals surface area (Å²) in [6.07, 6.45) is 3.23. The van der Waals surface area contributed by atoms with Crippen LogP contribution in [-0.2, 0) is 23.1 Å². The van der Waals surface area contributed by atoms with Gasteiger partial charge in [-0.1, -0.05) is 11.6 Å². The summed E-state index contributed by atoms with van der Waals surface area (Å²) in [5.41, 5.74) is 1.15. The fraction of sp³-hybridized carbons (Fsp3) is 0.783. The summed E-state index contributed by atoms with van der Waals surface area (Å²) in [6.45, 7) is 11.4. The number of aromatic nitrogens is 2. The van der Waals surface area contributed by atoms with E-state index in [2.05, 4.69) is 15.0 Å². The summed E-state index contributed by atoms with van der Waals surface area (Å²) >= 11 is 12.4. The van der Waals surface area contributed by atoms with Crippen LogP contribution in [0.3, 0.4) is 0 Å². The molecule has 1 aromatic heterocycles. The van der Waals surface area contributed by atoms with Crippen molar-refractivity contribution < 1.29 is 23.1 Å². The Hall–Kier alpha value is -0.600. The van der Waals surface area contributed by atoms with Crippen LogP contribution >= 0.6 is 30.8 Å². The summed E-state index contributed by atoms with van der Waals surface area (Å²) in [4.78, 5) is 13.0. The zero-order valence-corrected chi connectivity index (χ0v) is 22.7. The van der Waals surface area contributed by atoms with Crippen LogP contribution < -0.4 is 0 Å². The monoisotopic (exact) mass is 531 g/mol. The van der Waals surface area contributed by atoms with Gasteiger partial charge in [0.15, 0.2) is 10.9 Å². The molecule has 0 bridgehead atoms. The molecule has 34 heavy (non-hydrogen) atoms. The third kappa shape index (κ3) is 4.27. The van der Waals surface area contributed by atoms with Crippen LogP contribution in [0.1, 0.15) is 66.0 Å². The Balaban J connectivity index is 1.43. The summed E-state index contributed by atoms with van der Waals surface area (Å²) in [5, 5.41) is 0.365. The number of nitrogens with zero attached hydrogens (tertiary/aromatic N) is 3. The second-order valence-corrected chi connectivity index (χ2v) is 13.6.